The van der Waals surface area contributed by atoms with Gasteiger partial charge in [-0.3, -0.25) is 4.79 Å². The van der Waals surface area contributed by atoms with Crippen molar-refractivity contribution in [1.82, 2.24) is 14.9 Å². The van der Waals surface area contributed by atoms with Crippen molar-refractivity contribution in [1.29, 1.82) is 0 Å². The summed E-state index contributed by atoms with van der Waals surface area (Å²) in [5.41, 5.74) is 4.32. The third kappa shape index (κ3) is 6.13. The number of carbonyl (C=O) groups excluding carboxylic acids is 1. The van der Waals surface area contributed by atoms with Crippen LogP contribution in [0.2, 0.25) is 0 Å². The number of para-hydroxylation sites is 3. The summed E-state index contributed by atoms with van der Waals surface area (Å²) in [6.45, 7) is 5.60. The zero-order valence-electron chi connectivity index (χ0n) is 19.5. The van der Waals surface area contributed by atoms with Crippen molar-refractivity contribution >= 4 is 16.9 Å². The summed E-state index contributed by atoms with van der Waals surface area (Å²) in [4.78, 5) is 17.2. The number of nitrogens with zero attached hydrogens (tertiary/aromatic N) is 2. The Bertz CT molecular complexity index is 1230. The second-order valence-corrected chi connectivity index (χ2v) is 8.23. The number of imidazole rings is 1. The highest BCUT2D eigenvalue weighted by Crippen LogP contribution is 2.20. The molecule has 0 atom stereocenters. The Morgan fingerprint density at radius 1 is 1.00 bits per heavy atom. The zero-order chi connectivity index (χ0) is 23.6. The van der Waals surface area contributed by atoms with E-state index in [2.05, 4.69) is 28.6 Å². The highest BCUT2D eigenvalue weighted by atomic mass is 16.5. The Morgan fingerprint density at radius 3 is 2.62 bits per heavy atom. The number of hydrogen-bond donors (Lipinski definition) is 1. The molecule has 0 spiro atoms. The van der Waals surface area contributed by atoms with Crippen LogP contribution in [0.4, 0.5) is 0 Å². The smallest absolute Gasteiger partial charge is 0.220 e. The Morgan fingerprint density at radius 2 is 1.76 bits per heavy atom. The van der Waals surface area contributed by atoms with Gasteiger partial charge >= 0.3 is 0 Å². The first kappa shape index (κ1) is 23.3. The SMILES string of the molecule is C=CCc1ccccc1OCCCn1c(CNC(=O)CCc2ccccc2)nc2ccccc21. The van der Waals surface area contributed by atoms with Crippen LogP contribution < -0.4 is 10.1 Å². The predicted molar refractivity (Wildman–Crippen MR) is 137 cm³/mol. The van der Waals surface area contributed by atoms with Gasteiger partial charge in [-0.15, -0.1) is 6.58 Å². The zero-order valence-corrected chi connectivity index (χ0v) is 19.5. The van der Waals surface area contributed by atoms with E-state index in [1.165, 1.54) is 5.56 Å². The quantitative estimate of drug-likeness (QED) is 0.228. The molecule has 0 saturated heterocycles. The number of hydrogen-bond acceptors (Lipinski definition) is 3. The van der Waals surface area contributed by atoms with Crippen molar-refractivity contribution in [2.24, 2.45) is 0 Å². The van der Waals surface area contributed by atoms with E-state index in [0.29, 0.717) is 19.6 Å². The van der Waals surface area contributed by atoms with Crippen LogP contribution in [0, 0.1) is 0 Å². The van der Waals surface area contributed by atoms with Gasteiger partial charge in [0.1, 0.15) is 11.6 Å². The van der Waals surface area contributed by atoms with Crippen LogP contribution in [-0.4, -0.2) is 22.1 Å². The van der Waals surface area contributed by atoms with Crippen LogP contribution in [0.5, 0.6) is 5.75 Å². The standard InChI is InChI=1S/C29H31N3O2/c1-2-11-24-14-6-9-17-27(24)34-21-10-20-32-26-16-8-7-15-25(26)31-28(32)22-30-29(33)19-18-23-12-4-3-5-13-23/h2-9,12-17H,1,10-11,18-22H2,(H,30,33). The fourth-order valence-corrected chi connectivity index (χ4v) is 4.05. The number of rotatable bonds is 12. The number of ether oxygens (including phenoxy) is 1. The van der Waals surface area contributed by atoms with E-state index in [1.54, 1.807) is 0 Å². The van der Waals surface area contributed by atoms with Crippen molar-refractivity contribution in [3.8, 4) is 5.75 Å². The van der Waals surface area contributed by atoms with Gasteiger partial charge in [0.05, 0.1) is 24.2 Å². The van der Waals surface area contributed by atoms with Gasteiger partial charge in [0.2, 0.25) is 5.91 Å². The maximum Gasteiger partial charge on any atom is 0.220 e. The van der Waals surface area contributed by atoms with Crippen molar-refractivity contribution in [3.63, 3.8) is 0 Å². The Labute approximate surface area is 201 Å². The number of nitrogens with one attached hydrogen (secondary N) is 1. The van der Waals surface area contributed by atoms with E-state index in [0.717, 1.165) is 54.0 Å². The number of aryl methyl sites for hydroxylation is 2. The van der Waals surface area contributed by atoms with Crippen molar-refractivity contribution in [2.75, 3.05) is 6.61 Å². The molecule has 0 aliphatic rings. The van der Waals surface area contributed by atoms with Gasteiger partial charge in [-0.25, -0.2) is 4.98 Å². The fourth-order valence-electron chi connectivity index (χ4n) is 4.05. The molecule has 1 aromatic heterocycles. The van der Waals surface area contributed by atoms with Crippen LogP contribution in [0.15, 0.2) is 91.5 Å². The predicted octanol–water partition coefficient (Wildman–Crippen LogP) is 5.48. The molecular formula is C29H31N3O2. The number of amides is 1. The molecule has 0 fully saturated rings. The minimum absolute atomic E-state index is 0.0321. The maximum atomic E-state index is 12.4. The highest BCUT2D eigenvalue weighted by molar-refractivity contribution is 5.77. The van der Waals surface area contributed by atoms with Gasteiger partial charge in [-0.05, 0) is 48.6 Å². The van der Waals surface area contributed by atoms with Crippen LogP contribution in [0.3, 0.4) is 0 Å². The molecular weight excluding hydrogens is 422 g/mol. The van der Waals surface area contributed by atoms with Gasteiger partial charge < -0.3 is 14.6 Å². The number of carbonyl (C=O) groups is 1. The first-order valence-corrected chi connectivity index (χ1v) is 11.8. The third-order valence-electron chi connectivity index (χ3n) is 5.78. The van der Waals surface area contributed by atoms with E-state index in [-0.39, 0.29) is 5.91 Å². The fraction of sp³-hybridized carbons (Fsp3) is 0.241. The van der Waals surface area contributed by atoms with E-state index in [4.69, 9.17) is 9.72 Å². The Hall–Kier alpha value is -3.86. The van der Waals surface area contributed by atoms with Crippen LogP contribution >= 0.6 is 0 Å². The minimum Gasteiger partial charge on any atom is -0.493 e. The number of benzene rings is 3. The molecule has 0 bridgehead atoms. The summed E-state index contributed by atoms with van der Waals surface area (Å²) in [5.74, 6) is 1.80. The van der Waals surface area contributed by atoms with Gasteiger partial charge in [-0.1, -0.05) is 66.7 Å². The molecule has 3 aromatic carbocycles. The monoisotopic (exact) mass is 453 g/mol. The molecule has 5 nitrogen and oxygen atoms in total. The second-order valence-electron chi connectivity index (χ2n) is 8.23. The van der Waals surface area contributed by atoms with Crippen molar-refractivity contribution < 1.29 is 9.53 Å². The summed E-state index contributed by atoms with van der Waals surface area (Å²) in [6, 6.07) is 26.2. The van der Waals surface area contributed by atoms with Crippen molar-refractivity contribution in [3.05, 3.63) is 108 Å². The molecule has 0 aliphatic heterocycles. The molecule has 4 rings (SSSR count). The summed E-state index contributed by atoms with van der Waals surface area (Å²) in [5, 5.41) is 3.05. The molecule has 5 heteroatoms. The molecule has 1 amide bonds. The molecule has 0 radical (unpaired) electrons. The topological polar surface area (TPSA) is 56.1 Å². The molecule has 1 heterocycles. The first-order valence-electron chi connectivity index (χ1n) is 11.8. The first-order chi connectivity index (χ1) is 16.7. The normalized spacial score (nSPS) is 10.8. The molecule has 34 heavy (non-hydrogen) atoms. The summed E-state index contributed by atoms with van der Waals surface area (Å²) in [7, 11) is 0. The van der Waals surface area contributed by atoms with E-state index in [9.17, 15) is 4.79 Å². The molecule has 4 aromatic rings. The third-order valence-corrected chi connectivity index (χ3v) is 5.78. The number of allylic oxidation sites excluding steroid dienone is 1. The average Bonchev–Trinajstić information content (AvgIpc) is 3.23. The lowest BCUT2D eigenvalue weighted by Gasteiger charge is -2.13. The lowest BCUT2D eigenvalue weighted by atomic mass is 10.1. The van der Waals surface area contributed by atoms with Gasteiger partial charge in [0.25, 0.3) is 0 Å². The average molecular weight is 454 g/mol. The minimum atomic E-state index is 0.0321. The van der Waals surface area contributed by atoms with Crippen LogP contribution in [-0.2, 0) is 30.7 Å². The van der Waals surface area contributed by atoms with Gasteiger partial charge in [0.15, 0.2) is 0 Å². The Balaban J connectivity index is 1.35. The summed E-state index contributed by atoms with van der Waals surface area (Å²) >= 11 is 0. The van der Waals surface area contributed by atoms with Gasteiger partial charge in [0, 0.05) is 13.0 Å². The van der Waals surface area contributed by atoms with Crippen molar-refractivity contribution in [2.45, 2.75) is 38.8 Å². The second kappa shape index (κ2) is 11.8. The molecule has 174 valence electrons. The van der Waals surface area contributed by atoms with E-state index in [1.807, 2.05) is 72.8 Å². The number of aromatic nitrogens is 2. The summed E-state index contributed by atoms with van der Waals surface area (Å²) in [6.07, 6.45) is 4.70. The molecule has 0 aliphatic carbocycles. The van der Waals surface area contributed by atoms with Gasteiger partial charge in [-0.2, -0.15) is 0 Å². The Kier molecular flexibility index (Phi) is 8.12. The van der Waals surface area contributed by atoms with E-state index < -0.39 is 0 Å². The van der Waals surface area contributed by atoms with Crippen LogP contribution in [0.25, 0.3) is 11.0 Å². The molecule has 0 unspecified atom stereocenters. The lowest BCUT2D eigenvalue weighted by molar-refractivity contribution is -0.121. The summed E-state index contributed by atoms with van der Waals surface area (Å²) < 4.78 is 8.25. The maximum absolute atomic E-state index is 12.4. The lowest BCUT2D eigenvalue weighted by Crippen LogP contribution is -2.25. The number of fused-ring (bicyclic) bond motifs is 1. The largest absolute Gasteiger partial charge is 0.493 e. The molecule has 1 N–H and O–H groups in total. The highest BCUT2D eigenvalue weighted by Gasteiger charge is 2.12. The van der Waals surface area contributed by atoms with Crippen LogP contribution in [0.1, 0.15) is 29.8 Å². The molecule has 0 saturated carbocycles. The van der Waals surface area contributed by atoms with E-state index >= 15 is 0 Å².